The lowest BCUT2D eigenvalue weighted by Gasteiger charge is -2.17. The molecule has 1 aromatic carbocycles. The van der Waals surface area contributed by atoms with Crippen LogP contribution in [0.4, 0.5) is 11.4 Å². The third kappa shape index (κ3) is 1.26. The van der Waals surface area contributed by atoms with Gasteiger partial charge in [-0.25, -0.2) is 4.79 Å². The molecule has 1 aliphatic rings. The van der Waals surface area contributed by atoms with Crippen LogP contribution in [0.15, 0.2) is 27.4 Å². The van der Waals surface area contributed by atoms with Crippen molar-refractivity contribution in [1.82, 2.24) is 0 Å². The highest BCUT2D eigenvalue weighted by Crippen LogP contribution is 2.28. The largest absolute Gasteiger partial charge is 0.421 e. The van der Waals surface area contributed by atoms with Crippen LogP contribution in [0.1, 0.15) is 12.0 Å². The van der Waals surface area contributed by atoms with Crippen LogP contribution < -0.4 is 16.7 Å². The number of hydrogen-bond donors (Lipinski definition) is 2. The first-order valence-electron chi connectivity index (χ1n) is 5.35. The molecule has 0 saturated heterocycles. The summed E-state index contributed by atoms with van der Waals surface area (Å²) >= 11 is 0. The van der Waals surface area contributed by atoms with Crippen molar-refractivity contribution in [2.24, 2.45) is 0 Å². The van der Waals surface area contributed by atoms with Crippen molar-refractivity contribution < 1.29 is 4.42 Å². The summed E-state index contributed by atoms with van der Waals surface area (Å²) in [6, 6.07) is 5.36. The lowest BCUT2D eigenvalue weighted by atomic mass is 10.0. The van der Waals surface area contributed by atoms with Crippen molar-refractivity contribution in [2.75, 3.05) is 17.6 Å². The van der Waals surface area contributed by atoms with E-state index in [0.29, 0.717) is 17.0 Å². The number of nitrogen functional groups attached to an aromatic ring is 1. The minimum absolute atomic E-state index is 0.285. The number of anilines is 2. The Morgan fingerprint density at radius 1 is 1.38 bits per heavy atom. The Kier molecular flexibility index (Phi) is 1.89. The smallest absolute Gasteiger partial charge is 0.360 e. The molecule has 2 aromatic rings. The second-order valence-electron chi connectivity index (χ2n) is 4.03. The molecule has 82 valence electrons. The van der Waals surface area contributed by atoms with E-state index in [2.05, 4.69) is 5.32 Å². The van der Waals surface area contributed by atoms with E-state index in [4.69, 9.17) is 10.2 Å². The van der Waals surface area contributed by atoms with Gasteiger partial charge in [0.05, 0.1) is 0 Å². The molecule has 16 heavy (non-hydrogen) atoms. The number of nitrogens with two attached hydrogens (primary N) is 1. The maximum absolute atomic E-state index is 11.7. The number of aryl methyl sites for hydroxylation is 1. The Balaban J connectivity index is 2.43. The van der Waals surface area contributed by atoms with E-state index in [9.17, 15) is 4.79 Å². The van der Waals surface area contributed by atoms with Gasteiger partial charge in [0.25, 0.3) is 0 Å². The molecular formula is C12H12N2O2. The van der Waals surface area contributed by atoms with Crippen LogP contribution in [0.5, 0.6) is 0 Å². The van der Waals surface area contributed by atoms with Crippen LogP contribution in [0, 0.1) is 0 Å². The van der Waals surface area contributed by atoms with E-state index < -0.39 is 0 Å². The van der Waals surface area contributed by atoms with Crippen LogP contribution in [0.25, 0.3) is 11.0 Å². The molecule has 0 spiro atoms. The van der Waals surface area contributed by atoms with Gasteiger partial charge in [-0.15, -0.1) is 0 Å². The first kappa shape index (κ1) is 9.27. The summed E-state index contributed by atoms with van der Waals surface area (Å²) in [6.07, 6.45) is 1.92. The molecule has 2 heterocycles. The monoisotopic (exact) mass is 216 g/mol. The van der Waals surface area contributed by atoms with Gasteiger partial charge in [0.1, 0.15) is 11.3 Å². The van der Waals surface area contributed by atoms with Gasteiger partial charge in [0, 0.05) is 17.6 Å². The van der Waals surface area contributed by atoms with Crippen molar-refractivity contribution in [3.63, 3.8) is 0 Å². The fourth-order valence-corrected chi connectivity index (χ4v) is 2.20. The third-order valence-corrected chi connectivity index (χ3v) is 2.94. The zero-order chi connectivity index (χ0) is 11.1. The van der Waals surface area contributed by atoms with E-state index in [0.717, 1.165) is 30.3 Å². The second kappa shape index (κ2) is 3.27. The molecule has 3 N–H and O–H groups in total. The predicted octanol–water partition coefficient (Wildman–Crippen LogP) is 1.73. The normalized spacial score (nSPS) is 14.5. The standard InChI is InChI=1S/C12H12N2O2/c13-7-3-4-10-9(6-7)8-2-1-5-14-11(8)12(15)16-10/h3-4,6,14H,1-2,5,13H2. The van der Waals surface area contributed by atoms with Gasteiger partial charge < -0.3 is 15.5 Å². The van der Waals surface area contributed by atoms with Gasteiger partial charge in [-0.2, -0.15) is 0 Å². The lowest BCUT2D eigenvalue weighted by molar-refractivity contribution is 0.558. The molecule has 0 unspecified atom stereocenters. The fraction of sp³-hybridized carbons (Fsp3) is 0.250. The predicted molar refractivity (Wildman–Crippen MR) is 63.7 cm³/mol. The molecule has 0 aliphatic carbocycles. The van der Waals surface area contributed by atoms with Gasteiger partial charge in [-0.05, 0) is 36.6 Å². The summed E-state index contributed by atoms with van der Waals surface area (Å²) in [5.41, 5.74) is 8.40. The topological polar surface area (TPSA) is 68.3 Å². The van der Waals surface area contributed by atoms with Crippen LogP contribution in [-0.2, 0) is 6.42 Å². The maximum atomic E-state index is 11.7. The summed E-state index contributed by atoms with van der Waals surface area (Å²) in [6.45, 7) is 0.825. The maximum Gasteiger partial charge on any atom is 0.360 e. The summed E-state index contributed by atoms with van der Waals surface area (Å²) in [5, 5.41) is 4.04. The van der Waals surface area contributed by atoms with Crippen LogP contribution >= 0.6 is 0 Å². The van der Waals surface area contributed by atoms with Crippen molar-refractivity contribution in [3.8, 4) is 0 Å². The minimum Gasteiger partial charge on any atom is -0.421 e. The molecule has 0 atom stereocenters. The van der Waals surface area contributed by atoms with E-state index in [1.165, 1.54) is 0 Å². The highest BCUT2D eigenvalue weighted by Gasteiger charge is 2.17. The van der Waals surface area contributed by atoms with Crippen molar-refractivity contribution in [1.29, 1.82) is 0 Å². The Bertz CT molecular complexity index is 616. The average molecular weight is 216 g/mol. The summed E-state index contributed by atoms with van der Waals surface area (Å²) in [7, 11) is 0. The van der Waals surface area contributed by atoms with Crippen molar-refractivity contribution in [2.45, 2.75) is 12.8 Å². The van der Waals surface area contributed by atoms with Gasteiger partial charge in [-0.1, -0.05) is 0 Å². The minimum atomic E-state index is -0.285. The molecule has 0 fully saturated rings. The third-order valence-electron chi connectivity index (χ3n) is 2.94. The van der Waals surface area contributed by atoms with Crippen molar-refractivity contribution >= 4 is 22.3 Å². The first-order valence-corrected chi connectivity index (χ1v) is 5.35. The number of nitrogens with one attached hydrogen (secondary N) is 1. The van der Waals surface area contributed by atoms with Crippen LogP contribution in [0.2, 0.25) is 0 Å². The van der Waals surface area contributed by atoms with Gasteiger partial charge in [0.2, 0.25) is 0 Å². The summed E-state index contributed by atoms with van der Waals surface area (Å²) in [4.78, 5) is 11.7. The van der Waals surface area contributed by atoms with Crippen LogP contribution in [-0.4, -0.2) is 6.54 Å². The van der Waals surface area contributed by atoms with Crippen molar-refractivity contribution in [3.05, 3.63) is 34.2 Å². The Labute approximate surface area is 92.1 Å². The van der Waals surface area contributed by atoms with E-state index in [1.54, 1.807) is 12.1 Å². The van der Waals surface area contributed by atoms with Gasteiger partial charge in [0.15, 0.2) is 0 Å². The molecule has 0 radical (unpaired) electrons. The molecular weight excluding hydrogens is 204 g/mol. The average Bonchev–Trinajstić information content (AvgIpc) is 2.31. The van der Waals surface area contributed by atoms with E-state index in [1.807, 2.05) is 6.07 Å². The second-order valence-corrected chi connectivity index (χ2v) is 4.03. The molecule has 4 heteroatoms. The quantitative estimate of drug-likeness (QED) is 0.520. The molecule has 1 aromatic heterocycles. The number of fused-ring (bicyclic) bond motifs is 3. The molecule has 0 saturated carbocycles. The lowest BCUT2D eigenvalue weighted by Crippen LogP contribution is -2.19. The molecule has 3 rings (SSSR count). The van der Waals surface area contributed by atoms with E-state index >= 15 is 0 Å². The Morgan fingerprint density at radius 3 is 3.12 bits per heavy atom. The highest BCUT2D eigenvalue weighted by molar-refractivity contribution is 5.87. The number of benzene rings is 1. The highest BCUT2D eigenvalue weighted by atomic mass is 16.4. The zero-order valence-corrected chi connectivity index (χ0v) is 8.75. The zero-order valence-electron chi connectivity index (χ0n) is 8.75. The molecule has 0 bridgehead atoms. The van der Waals surface area contributed by atoms with E-state index in [-0.39, 0.29) is 5.63 Å². The number of hydrogen-bond acceptors (Lipinski definition) is 4. The fourth-order valence-electron chi connectivity index (χ4n) is 2.20. The molecule has 1 aliphatic heterocycles. The molecule has 0 amide bonds. The number of rotatable bonds is 0. The SMILES string of the molecule is Nc1ccc2oc(=O)c3c(c2c1)CCCN3. The summed E-state index contributed by atoms with van der Waals surface area (Å²) in [5.74, 6) is 0. The van der Waals surface area contributed by atoms with Crippen LogP contribution in [0.3, 0.4) is 0 Å². The van der Waals surface area contributed by atoms with Gasteiger partial charge >= 0.3 is 5.63 Å². The molecule has 4 nitrogen and oxygen atoms in total. The summed E-state index contributed by atoms with van der Waals surface area (Å²) < 4.78 is 5.24. The first-order chi connectivity index (χ1) is 7.75. The Hall–Kier alpha value is -1.97. The Morgan fingerprint density at radius 2 is 2.25 bits per heavy atom. The van der Waals surface area contributed by atoms with Gasteiger partial charge in [-0.3, -0.25) is 0 Å².